The van der Waals surface area contributed by atoms with Crippen LogP contribution in [0.2, 0.25) is 0 Å². The average molecular weight is 292 g/mol. The van der Waals surface area contributed by atoms with Crippen LogP contribution in [0, 0.1) is 5.41 Å². The highest BCUT2D eigenvalue weighted by atomic mass is 16.4. The van der Waals surface area contributed by atoms with Gasteiger partial charge in [0.15, 0.2) is 5.78 Å². The third-order valence-electron chi connectivity index (χ3n) is 3.57. The highest BCUT2D eigenvalue weighted by Gasteiger charge is 2.46. The van der Waals surface area contributed by atoms with Gasteiger partial charge >= 0.3 is 5.97 Å². The SMILES string of the molecule is C=C.CC1=CC(=O)CC(C)(C)[C@@]1(O)/C=C/C(C)=C\C(=O)O. The minimum atomic E-state index is -1.24. The molecule has 0 saturated heterocycles. The fraction of sp³-hybridized carbons (Fsp3) is 0.412. The van der Waals surface area contributed by atoms with Gasteiger partial charge in [0, 0.05) is 17.9 Å². The number of carboxylic acids is 1. The van der Waals surface area contributed by atoms with Gasteiger partial charge < -0.3 is 10.2 Å². The van der Waals surface area contributed by atoms with E-state index in [1.54, 1.807) is 26.0 Å². The predicted octanol–water partition coefficient (Wildman–Crippen LogP) is 3.05. The van der Waals surface area contributed by atoms with E-state index < -0.39 is 17.0 Å². The van der Waals surface area contributed by atoms with Gasteiger partial charge in [0.2, 0.25) is 0 Å². The number of allylic oxidation sites excluding steroid dienone is 3. The molecule has 0 aliphatic heterocycles. The van der Waals surface area contributed by atoms with Gasteiger partial charge in [-0.25, -0.2) is 4.79 Å². The van der Waals surface area contributed by atoms with Crippen molar-refractivity contribution in [3.05, 3.63) is 48.6 Å². The first-order valence-electron chi connectivity index (χ1n) is 6.63. The lowest BCUT2D eigenvalue weighted by atomic mass is 9.64. The third-order valence-corrected chi connectivity index (χ3v) is 3.57. The Morgan fingerprint density at radius 1 is 1.38 bits per heavy atom. The molecule has 0 aromatic carbocycles. The molecular formula is C17H24O4. The monoisotopic (exact) mass is 292 g/mol. The van der Waals surface area contributed by atoms with E-state index in [9.17, 15) is 14.7 Å². The lowest BCUT2D eigenvalue weighted by Gasteiger charge is -2.43. The van der Waals surface area contributed by atoms with Crippen molar-refractivity contribution in [2.24, 2.45) is 5.41 Å². The van der Waals surface area contributed by atoms with Crippen molar-refractivity contribution in [1.82, 2.24) is 0 Å². The molecule has 2 N–H and O–H groups in total. The van der Waals surface area contributed by atoms with Gasteiger partial charge in [-0.1, -0.05) is 19.9 Å². The molecule has 1 atom stereocenters. The number of hydrogen-bond donors (Lipinski definition) is 2. The molecule has 0 radical (unpaired) electrons. The molecule has 0 amide bonds. The molecule has 0 bridgehead atoms. The van der Waals surface area contributed by atoms with E-state index in [-0.39, 0.29) is 12.2 Å². The zero-order valence-corrected chi connectivity index (χ0v) is 13.1. The summed E-state index contributed by atoms with van der Waals surface area (Å²) >= 11 is 0. The molecular weight excluding hydrogens is 268 g/mol. The van der Waals surface area contributed by atoms with Crippen LogP contribution in [0.15, 0.2) is 48.6 Å². The topological polar surface area (TPSA) is 74.6 Å². The van der Waals surface area contributed by atoms with Gasteiger partial charge in [0.1, 0.15) is 5.60 Å². The van der Waals surface area contributed by atoms with Crippen molar-refractivity contribution >= 4 is 11.8 Å². The number of ketones is 1. The predicted molar refractivity (Wildman–Crippen MR) is 83.9 cm³/mol. The molecule has 0 aromatic heterocycles. The van der Waals surface area contributed by atoms with Crippen LogP contribution >= 0.6 is 0 Å². The zero-order valence-electron chi connectivity index (χ0n) is 13.1. The first-order valence-corrected chi connectivity index (χ1v) is 6.63. The molecule has 4 nitrogen and oxygen atoms in total. The van der Waals surface area contributed by atoms with Crippen LogP contribution in [0.5, 0.6) is 0 Å². The first kappa shape index (κ1) is 19.1. The number of hydrogen-bond acceptors (Lipinski definition) is 3. The van der Waals surface area contributed by atoms with Crippen LogP contribution in [-0.4, -0.2) is 27.6 Å². The van der Waals surface area contributed by atoms with Crippen molar-refractivity contribution < 1.29 is 19.8 Å². The van der Waals surface area contributed by atoms with Crippen molar-refractivity contribution in [2.75, 3.05) is 0 Å². The Bertz CT molecular complexity index is 509. The van der Waals surface area contributed by atoms with Gasteiger partial charge in [-0.3, -0.25) is 4.79 Å². The summed E-state index contributed by atoms with van der Waals surface area (Å²) in [6.45, 7) is 13.0. The van der Waals surface area contributed by atoms with Crippen molar-refractivity contribution in [2.45, 2.75) is 39.7 Å². The average Bonchev–Trinajstić information content (AvgIpc) is 2.35. The number of carboxylic acid groups (broad SMARTS) is 1. The maximum absolute atomic E-state index is 11.6. The van der Waals surface area contributed by atoms with E-state index in [1.807, 2.05) is 13.8 Å². The fourth-order valence-electron chi connectivity index (χ4n) is 2.36. The van der Waals surface area contributed by atoms with Gasteiger partial charge in [0.25, 0.3) is 0 Å². The first-order chi connectivity index (χ1) is 9.58. The largest absolute Gasteiger partial charge is 0.478 e. The van der Waals surface area contributed by atoms with Gasteiger partial charge in [-0.15, -0.1) is 13.2 Å². The quantitative estimate of drug-likeness (QED) is 0.476. The summed E-state index contributed by atoms with van der Waals surface area (Å²) in [5.41, 5.74) is -0.758. The molecule has 1 aliphatic carbocycles. The molecule has 0 saturated carbocycles. The van der Waals surface area contributed by atoms with Crippen LogP contribution in [-0.2, 0) is 9.59 Å². The van der Waals surface area contributed by atoms with Crippen LogP contribution < -0.4 is 0 Å². The van der Waals surface area contributed by atoms with Gasteiger partial charge in [-0.05, 0) is 37.1 Å². The molecule has 0 unspecified atom stereocenters. The summed E-state index contributed by atoms with van der Waals surface area (Å²) in [6, 6.07) is 0. The van der Waals surface area contributed by atoms with Crippen LogP contribution in [0.25, 0.3) is 0 Å². The lowest BCUT2D eigenvalue weighted by molar-refractivity contribution is -0.131. The van der Waals surface area contributed by atoms with E-state index in [4.69, 9.17) is 5.11 Å². The molecule has 0 aromatic rings. The van der Waals surface area contributed by atoms with Crippen molar-refractivity contribution in [3.63, 3.8) is 0 Å². The molecule has 1 rings (SSSR count). The molecule has 0 heterocycles. The van der Waals surface area contributed by atoms with E-state index >= 15 is 0 Å². The van der Waals surface area contributed by atoms with Gasteiger partial charge in [-0.2, -0.15) is 0 Å². The number of aliphatic hydroxyl groups is 1. The number of carbonyl (C=O) groups is 2. The summed E-state index contributed by atoms with van der Waals surface area (Å²) in [6.07, 6.45) is 5.92. The molecule has 1 aliphatic rings. The summed E-state index contributed by atoms with van der Waals surface area (Å²) in [4.78, 5) is 22.1. The van der Waals surface area contributed by atoms with E-state index in [0.29, 0.717) is 11.1 Å². The maximum atomic E-state index is 11.6. The van der Waals surface area contributed by atoms with Crippen LogP contribution in [0.3, 0.4) is 0 Å². The maximum Gasteiger partial charge on any atom is 0.328 e. The molecule has 21 heavy (non-hydrogen) atoms. The Labute approximate surface area is 126 Å². The Hall–Kier alpha value is -1.94. The number of rotatable bonds is 3. The van der Waals surface area contributed by atoms with E-state index in [1.165, 1.54) is 6.08 Å². The second-order valence-corrected chi connectivity index (χ2v) is 5.68. The normalized spacial score (nSPS) is 25.1. The Balaban J connectivity index is 0.00000191. The second kappa shape index (κ2) is 7.18. The van der Waals surface area contributed by atoms with Crippen molar-refractivity contribution in [1.29, 1.82) is 0 Å². The van der Waals surface area contributed by atoms with Crippen LogP contribution in [0.4, 0.5) is 0 Å². The highest BCUT2D eigenvalue weighted by Crippen LogP contribution is 2.44. The van der Waals surface area contributed by atoms with Crippen molar-refractivity contribution in [3.8, 4) is 0 Å². The second-order valence-electron chi connectivity index (χ2n) is 5.68. The smallest absolute Gasteiger partial charge is 0.328 e. The minimum Gasteiger partial charge on any atom is -0.478 e. The summed E-state index contributed by atoms with van der Waals surface area (Å²) in [5, 5.41) is 19.4. The van der Waals surface area contributed by atoms with Gasteiger partial charge in [0.05, 0.1) is 0 Å². The Morgan fingerprint density at radius 2 is 1.90 bits per heavy atom. The highest BCUT2D eigenvalue weighted by molar-refractivity contribution is 5.92. The summed E-state index contributed by atoms with van der Waals surface area (Å²) in [5.74, 6) is -1.03. The molecule has 0 fully saturated rings. The molecule has 0 spiro atoms. The molecule has 4 heteroatoms. The van der Waals surface area contributed by atoms with Crippen LogP contribution in [0.1, 0.15) is 34.1 Å². The standard InChI is InChI=1S/C15H20O4.C2H4/c1-10(7-13(17)18)5-6-15(19)11(2)8-12(16)9-14(15,3)4;1-2/h5-8,19H,9H2,1-4H3,(H,17,18);1-2H2/b6-5+,10-7-;/t15-;/m1./s1. The molecule has 116 valence electrons. The number of carbonyl (C=O) groups excluding carboxylic acids is 1. The summed E-state index contributed by atoms with van der Waals surface area (Å²) in [7, 11) is 0. The Morgan fingerprint density at radius 3 is 2.33 bits per heavy atom. The third kappa shape index (κ3) is 4.53. The van der Waals surface area contributed by atoms with E-state index in [2.05, 4.69) is 13.2 Å². The number of aliphatic carboxylic acids is 1. The minimum absolute atomic E-state index is 0.00150. The van der Waals surface area contributed by atoms with E-state index in [0.717, 1.165) is 6.08 Å². The zero-order chi connectivity index (χ0) is 16.8. The summed E-state index contributed by atoms with van der Waals surface area (Å²) < 4.78 is 0. The Kier molecular flexibility index (Phi) is 6.52. The fourth-order valence-corrected chi connectivity index (χ4v) is 2.36. The lowest BCUT2D eigenvalue weighted by Crippen LogP contribution is -2.48.